The second-order valence-electron chi connectivity index (χ2n) is 4.87. The lowest BCUT2D eigenvalue weighted by Crippen LogP contribution is -2.24. The molecule has 0 saturated heterocycles. The van der Waals surface area contributed by atoms with Gasteiger partial charge in [-0.05, 0) is 36.5 Å². The molecule has 0 spiro atoms. The number of pyridine rings is 1. The van der Waals surface area contributed by atoms with Crippen LogP contribution in [0, 0.1) is 0 Å². The predicted molar refractivity (Wildman–Crippen MR) is 105 cm³/mol. The molecule has 0 saturated carbocycles. The number of hydrogen-bond acceptors (Lipinski definition) is 3. The second-order valence-corrected chi connectivity index (χ2v) is 6.12. The number of rotatable bonds is 3. The van der Waals surface area contributed by atoms with Crippen molar-refractivity contribution >= 4 is 63.3 Å². The van der Waals surface area contributed by atoms with Gasteiger partial charge in [0.1, 0.15) is 0 Å². The number of hydrazone groups is 1. The summed E-state index contributed by atoms with van der Waals surface area (Å²) in [6.45, 7) is 0. The lowest BCUT2D eigenvalue weighted by Gasteiger charge is -2.09. The second kappa shape index (κ2) is 7.57. The van der Waals surface area contributed by atoms with Gasteiger partial charge in [0.15, 0.2) is 5.11 Å². The summed E-state index contributed by atoms with van der Waals surface area (Å²) < 4.78 is 0. The van der Waals surface area contributed by atoms with Gasteiger partial charge >= 0.3 is 0 Å². The molecule has 0 unspecified atom stereocenters. The number of thiocarbonyl (C=S) groups is 1. The molecule has 0 aliphatic heterocycles. The van der Waals surface area contributed by atoms with Crippen molar-refractivity contribution in [1.29, 1.82) is 0 Å². The molecule has 3 rings (SSSR count). The van der Waals surface area contributed by atoms with Crippen LogP contribution in [0.1, 0.15) is 5.56 Å². The van der Waals surface area contributed by atoms with Gasteiger partial charge in [-0.1, -0.05) is 47.5 Å². The van der Waals surface area contributed by atoms with Gasteiger partial charge in [-0.2, -0.15) is 5.10 Å². The summed E-state index contributed by atoms with van der Waals surface area (Å²) in [6.07, 6.45) is 3.32. The van der Waals surface area contributed by atoms with Crippen molar-refractivity contribution in [2.24, 2.45) is 5.10 Å². The maximum Gasteiger partial charge on any atom is 0.191 e. The Morgan fingerprint density at radius 2 is 1.96 bits per heavy atom. The summed E-state index contributed by atoms with van der Waals surface area (Å²) in [6, 6.07) is 14.9. The molecule has 0 bridgehead atoms. The molecular weight excluding hydrogens is 363 g/mol. The van der Waals surface area contributed by atoms with Crippen molar-refractivity contribution in [3.05, 3.63) is 70.3 Å². The zero-order valence-corrected chi connectivity index (χ0v) is 14.7. The highest BCUT2D eigenvalue weighted by atomic mass is 35.5. The van der Waals surface area contributed by atoms with E-state index in [4.69, 9.17) is 35.4 Å². The van der Waals surface area contributed by atoms with E-state index in [1.54, 1.807) is 30.6 Å². The van der Waals surface area contributed by atoms with Crippen LogP contribution in [0.15, 0.2) is 59.8 Å². The molecule has 0 fully saturated rings. The molecule has 0 aliphatic carbocycles. The molecule has 0 amide bonds. The topological polar surface area (TPSA) is 49.3 Å². The van der Waals surface area contributed by atoms with Crippen molar-refractivity contribution < 1.29 is 0 Å². The van der Waals surface area contributed by atoms with Crippen molar-refractivity contribution in [3.63, 3.8) is 0 Å². The van der Waals surface area contributed by atoms with E-state index < -0.39 is 0 Å². The number of anilines is 1. The molecule has 1 aromatic heterocycles. The van der Waals surface area contributed by atoms with E-state index in [-0.39, 0.29) is 0 Å². The van der Waals surface area contributed by atoms with Gasteiger partial charge in [0, 0.05) is 22.2 Å². The predicted octanol–water partition coefficient (Wildman–Crippen LogP) is 4.86. The smallest absolute Gasteiger partial charge is 0.191 e. The molecule has 1 heterocycles. The lowest BCUT2D eigenvalue weighted by atomic mass is 10.2. The third-order valence-corrected chi connectivity index (χ3v) is 3.97. The first kappa shape index (κ1) is 16.6. The van der Waals surface area contributed by atoms with Crippen molar-refractivity contribution in [1.82, 2.24) is 10.4 Å². The maximum absolute atomic E-state index is 6.08. The van der Waals surface area contributed by atoms with Gasteiger partial charge in [0.2, 0.25) is 0 Å². The molecule has 120 valence electrons. The van der Waals surface area contributed by atoms with Gasteiger partial charge in [-0.25, -0.2) is 0 Å². The first-order valence-corrected chi connectivity index (χ1v) is 8.19. The highest BCUT2D eigenvalue weighted by Crippen LogP contribution is 2.21. The van der Waals surface area contributed by atoms with Crippen LogP contribution < -0.4 is 10.7 Å². The number of hydrogen-bond donors (Lipinski definition) is 2. The van der Waals surface area contributed by atoms with E-state index in [9.17, 15) is 0 Å². The molecule has 2 N–H and O–H groups in total. The molecule has 4 nitrogen and oxygen atoms in total. The summed E-state index contributed by atoms with van der Waals surface area (Å²) in [7, 11) is 0. The zero-order chi connectivity index (χ0) is 16.9. The molecule has 2 aromatic carbocycles. The van der Waals surface area contributed by atoms with E-state index >= 15 is 0 Å². The Labute approximate surface area is 154 Å². The van der Waals surface area contributed by atoms with Crippen LogP contribution in [-0.2, 0) is 0 Å². The van der Waals surface area contributed by atoms with Crippen molar-refractivity contribution in [2.45, 2.75) is 0 Å². The molecule has 0 radical (unpaired) electrons. The Kier molecular flexibility index (Phi) is 5.25. The third kappa shape index (κ3) is 4.00. The fraction of sp³-hybridized carbons (Fsp3) is 0. The van der Waals surface area contributed by atoms with Crippen LogP contribution >= 0.6 is 35.4 Å². The standard InChI is InChI=1S/C17H12Cl2N4S/c18-13-7-6-12(14(19)9-13)10-21-23-17(24)22-15-5-1-3-11-4-2-8-20-16(11)15/h1-10H,(H2,22,23,24)/b21-10-. The van der Waals surface area contributed by atoms with Crippen LogP contribution in [0.2, 0.25) is 10.0 Å². The Hall–Kier alpha value is -2.21. The number of nitrogens with zero attached hydrogens (tertiary/aromatic N) is 2. The van der Waals surface area contributed by atoms with E-state index in [0.29, 0.717) is 15.2 Å². The zero-order valence-electron chi connectivity index (χ0n) is 12.3. The Balaban J connectivity index is 1.68. The van der Waals surface area contributed by atoms with E-state index in [1.165, 1.54) is 0 Å². The molecule has 7 heteroatoms. The average molecular weight is 375 g/mol. The van der Waals surface area contributed by atoms with Gasteiger partial charge in [0.05, 0.1) is 22.4 Å². The van der Waals surface area contributed by atoms with Gasteiger partial charge < -0.3 is 5.32 Å². The quantitative estimate of drug-likeness (QED) is 0.390. The average Bonchev–Trinajstić information content (AvgIpc) is 2.57. The number of nitrogens with one attached hydrogen (secondary N) is 2. The minimum atomic E-state index is 0.356. The number of halogens is 2. The highest BCUT2D eigenvalue weighted by molar-refractivity contribution is 7.80. The van der Waals surface area contributed by atoms with E-state index in [1.807, 2.05) is 30.3 Å². The number of para-hydroxylation sites is 1. The van der Waals surface area contributed by atoms with E-state index in [0.717, 1.165) is 22.2 Å². The first-order valence-electron chi connectivity index (χ1n) is 7.02. The van der Waals surface area contributed by atoms with Gasteiger partial charge in [-0.3, -0.25) is 10.4 Å². The SMILES string of the molecule is S=C(N/N=C\c1ccc(Cl)cc1Cl)Nc1cccc2cccnc12. The third-order valence-electron chi connectivity index (χ3n) is 3.21. The Bertz CT molecular complexity index is 922. The van der Waals surface area contributed by atoms with Gasteiger partial charge in [0.25, 0.3) is 0 Å². The summed E-state index contributed by atoms with van der Waals surface area (Å²) in [5, 5.41) is 9.65. The van der Waals surface area contributed by atoms with Crippen LogP contribution in [-0.4, -0.2) is 16.3 Å². The van der Waals surface area contributed by atoms with E-state index in [2.05, 4.69) is 20.8 Å². The molecule has 0 aliphatic rings. The molecular formula is C17H12Cl2N4S. The number of aromatic nitrogens is 1. The minimum Gasteiger partial charge on any atom is -0.330 e. The number of benzene rings is 2. The molecule has 24 heavy (non-hydrogen) atoms. The monoisotopic (exact) mass is 374 g/mol. The largest absolute Gasteiger partial charge is 0.330 e. The molecule has 3 aromatic rings. The summed E-state index contributed by atoms with van der Waals surface area (Å²) >= 11 is 17.2. The normalized spacial score (nSPS) is 10.9. The van der Waals surface area contributed by atoms with Crippen LogP contribution in [0.25, 0.3) is 10.9 Å². The summed E-state index contributed by atoms with van der Waals surface area (Å²) in [5.74, 6) is 0. The minimum absolute atomic E-state index is 0.356. The maximum atomic E-state index is 6.08. The fourth-order valence-corrected chi connectivity index (χ4v) is 2.74. The lowest BCUT2D eigenvalue weighted by molar-refractivity contribution is 1.05. The van der Waals surface area contributed by atoms with Crippen molar-refractivity contribution in [3.8, 4) is 0 Å². The van der Waals surface area contributed by atoms with Crippen LogP contribution in [0.4, 0.5) is 5.69 Å². The molecule has 0 atom stereocenters. The Morgan fingerprint density at radius 1 is 1.12 bits per heavy atom. The summed E-state index contributed by atoms with van der Waals surface area (Å²) in [4.78, 5) is 4.36. The number of fused-ring (bicyclic) bond motifs is 1. The summed E-state index contributed by atoms with van der Waals surface area (Å²) in [5.41, 5.74) is 5.15. The highest BCUT2D eigenvalue weighted by Gasteiger charge is 2.03. The first-order chi connectivity index (χ1) is 11.6. The van der Waals surface area contributed by atoms with Crippen LogP contribution in [0.5, 0.6) is 0 Å². The van der Waals surface area contributed by atoms with Crippen LogP contribution in [0.3, 0.4) is 0 Å². The fourth-order valence-electron chi connectivity index (χ4n) is 2.12. The Morgan fingerprint density at radius 3 is 2.79 bits per heavy atom. The van der Waals surface area contributed by atoms with Gasteiger partial charge in [-0.15, -0.1) is 0 Å². The van der Waals surface area contributed by atoms with Crippen molar-refractivity contribution in [2.75, 3.05) is 5.32 Å².